The topological polar surface area (TPSA) is 46.9 Å². The van der Waals surface area contributed by atoms with Crippen molar-refractivity contribution >= 4 is 21.6 Å². The molecule has 1 aromatic carbocycles. The molecule has 2 N–H and O–H groups in total. The van der Waals surface area contributed by atoms with E-state index in [2.05, 4.69) is 31.8 Å². The van der Waals surface area contributed by atoms with Gasteiger partial charge in [0.25, 0.3) is 0 Å². The summed E-state index contributed by atoms with van der Waals surface area (Å²) in [6, 6.07) is 6.03. The Kier molecular flexibility index (Phi) is 5.21. The maximum Gasteiger partial charge on any atom is 0.0762 e. The van der Waals surface area contributed by atoms with E-state index in [9.17, 15) is 5.11 Å². The maximum atomic E-state index is 9.58. The van der Waals surface area contributed by atoms with Gasteiger partial charge < -0.3 is 15.1 Å². The normalized spacial score (nSPS) is 18.6. The first kappa shape index (κ1) is 14.8. The molecule has 0 aliphatic carbocycles. The molecular formula is C14H21BrN2O2. The van der Waals surface area contributed by atoms with E-state index in [0.29, 0.717) is 0 Å². The quantitative estimate of drug-likeness (QED) is 0.881. The Morgan fingerprint density at radius 3 is 2.47 bits per heavy atom. The summed E-state index contributed by atoms with van der Waals surface area (Å²) in [7, 11) is 0. The zero-order valence-corrected chi connectivity index (χ0v) is 12.8. The van der Waals surface area contributed by atoms with Crippen molar-refractivity contribution in [1.82, 2.24) is 4.90 Å². The number of nitrogens with zero attached hydrogens (tertiary/aromatic N) is 2. The van der Waals surface area contributed by atoms with Crippen molar-refractivity contribution in [2.45, 2.75) is 13.0 Å². The Morgan fingerprint density at radius 2 is 1.95 bits per heavy atom. The fourth-order valence-electron chi connectivity index (χ4n) is 2.39. The Hall–Kier alpha value is -0.620. The highest BCUT2D eigenvalue weighted by molar-refractivity contribution is 9.10. The Bertz CT molecular complexity index is 418. The second-order valence-corrected chi connectivity index (χ2v) is 5.79. The highest BCUT2D eigenvalue weighted by Gasteiger charge is 2.18. The molecule has 0 aromatic heterocycles. The van der Waals surface area contributed by atoms with Gasteiger partial charge in [-0.05, 0) is 40.5 Å². The fourth-order valence-corrected chi connectivity index (χ4v) is 3.04. The van der Waals surface area contributed by atoms with Gasteiger partial charge in [-0.15, -0.1) is 0 Å². The van der Waals surface area contributed by atoms with Crippen molar-refractivity contribution < 1.29 is 10.2 Å². The summed E-state index contributed by atoms with van der Waals surface area (Å²) >= 11 is 3.59. The van der Waals surface area contributed by atoms with Crippen LogP contribution < -0.4 is 4.90 Å². The molecule has 0 saturated carbocycles. The highest BCUT2D eigenvalue weighted by Crippen LogP contribution is 2.30. The lowest BCUT2D eigenvalue weighted by atomic mass is 10.1. The van der Waals surface area contributed by atoms with E-state index < -0.39 is 6.10 Å². The lowest BCUT2D eigenvalue weighted by Gasteiger charge is -2.36. The van der Waals surface area contributed by atoms with Crippen molar-refractivity contribution in [2.75, 3.05) is 44.2 Å². The number of benzene rings is 1. The molecule has 0 amide bonds. The number of aliphatic hydroxyl groups is 2. The van der Waals surface area contributed by atoms with Gasteiger partial charge in [-0.3, -0.25) is 4.90 Å². The van der Waals surface area contributed by atoms with Gasteiger partial charge in [0.15, 0.2) is 0 Å². The van der Waals surface area contributed by atoms with Crippen LogP contribution in [-0.2, 0) is 0 Å². The van der Waals surface area contributed by atoms with Gasteiger partial charge in [0.05, 0.1) is 18.4 Å². The molecule has 1 atom stereocenters. The van der Waals surface area contributed by atoms with Gasteiger partial charge in [0.1, 0.15) is 0 Å². The Labute approximate surface area is 122 Å². The second kappa shape index (κ2) is 6.70. The molecule has 1 aliphatic rings. The molecule has 1 saturated heterocycles. The van der Waals surface area contributed by atoms with Crippen molar-refractivity contribution in [2.24, 2.45) is 0 Å². The average Bonchev–Trinajstić information content (AvgIpc) is 2.40. The minimum Gasteiger partial charge on any atom is -0.395 e. The van der Waals surface area contributed by atoms with Crippen LogP contribution in [0.1, 0.15) is 18.6 Å². The number of halogens is 1. The molecule has 19 heavy (non-hydrogen) atoms. The molecule has 1 aliphatic heterocycles. The number of anilines is 1. The smallest absolute Gasteiger partial charge is 0.0762 e. The van der Waals surface area contributed by atoms with Gasteiger partial charge in [-0.2, -0.15) is 0 Å². The van der Waals surface area contributed by atoms with Gasteiger partial charge in [-0.25, -0.2) is 0 Å². The summed E-state index contributed by atoms with van der Waals surface area (Å²) in [4.78, 5) is 4.61. The number of piperazine rings is 1. The summed E-state index contributed by atoms with van der Waals surface area (Å²) in [5, 5.41) is 18.5. The van der Waals surface area contributed by atoms with Crippen molar-refractivity contribution in [3.05, 3.63) is 28.2 Å². The van der Waals surface area contributed by atoms with Crippen LogP contribution in [0.4, 0.5) is 5.69 Å². The summed E-state index contributed by atoms with van der Waals surface area (Å²) in [5.41, 5.74) is 2.10. The van der Waals surface area contributed by atoms with E-state index in [1.807, 2.05) is 12.1 Å². The van der Waals surface area contributed by atoms with E-state index in [1.54, 1.807) is 6.92 Å². The van der Waals surface area contributed by atoms with Gasteiger partial charge in [0, 0.05) is 37.2 Å². The Balaban J connectivity index is 2.03. The summed E-state index contributed by atoms with van der Waals surface area (Å²) in [6.45, 7) is 6.65. The predicted molar refractivity (Wildman–Crippen MR) is 80.5 cm³/mol. The standard InChI is InChI=1S/C14H21BrN2O2/c1-11(19)12-2-3-14(13(15)10-12)17-6-4-16(5-7-17)8-9-18/h2-3,10-11,18-19H,4-9H2,1H3. The second-order valence-electron chi connectivity index (χ2n) is 4.94. The number of aliphatic hydroxyl groups excluding tert-OH is 2. The first-order chi connectivity index (χ1) is 9.11. The minimum atomic E-state index is -0.438. The lowest BCUT2D eigenvalue weighted by molar-refractivity contribution is 0.188. The molecule has 4 nitrogen and oxygen atoms in total. The third-order valence-electron chi connectivity index (χ3n) is 3.58. The maximum absolute atomic E-state index is 9.58. The first-order valence-corrected chi connectivity index (χ1v) is 7.47. The molecule has 0 spiro atoms. The summed E-state index contributed by atoms with van der Waals surface area (Å²) in [6.07, 6.45) is -0.438. The van der Waals surface area contributed by atoms with Crippen LogP contribution in [0.5, 0.6) is 0 Å². The molecule has 2 rings (SSSR count). The van der Waals surface area contributed by atoms with Crippen LogP contribution in [0.25, 0.3) is 0 Å². The largest absolute Gasteiger partial charge is 0.395 e. The summed E-state index contributed by atoms with van der Waals surface area (Å²) in [5.74, 6) is 0. The zero-order valence-electron chi connectivity index (χ0n) is 11.2. The van der Waals surface area contributed by atoms with Gasteiger partial charge in [-0.1, -0.05) is 6.07 Å². The number of rotatable bonds is 4. The number of β-amino-alcohol motifs (C(OH)–C–C–N with tert-alkyl or cyclic N) is 1. The zero-order chi connectivity index (χ0) is 13.8. The van der Waals surface area contributed by atoms with Crippen molar-refractivity contribution in [3.63, 3.8) is 0 Å². The van der Waals surface area contributed by atoms with Crippen molar-refractivity contribution in [1.29, 1.82) is 0 Å². The fraction of sp³-hybridized carbons (Fsp3) is 0.571. The third-order valence-corrected chi connectivity index (χ3v) is 4.22. The molecule has 5 heteroatoms. The SMILES string of the molecule is CC(O)c1ccc(N2CCN(CCO)CC2)c(Br)c1. The summed E-state index contributed by atoms with van der Waals surface area (Å²) < 4.78 is 1.03. The molecule has 106 valence electrons. The predicted octanol–water partition coefficient (Wildman–Crippen LogP) is 1.62. The molecule has 1 heterocycles. The number of hydrogen-bond donors (Lipinski definition) is 2. The van der Waals surface area contributed by atoms with Crippen LogP contribution in [0.3, 0.4) is 0 Å². The molecular weight excluding hydrogens is 308 g/mol. The Morgan fingerprint density at radius 1 is 1.26 bits per heavy atom. The van der Waals surface area contributed by atoms with E-state index in [1.165, 1.54) is 5.69 Å². The van der Waals surface area contributed by atoms with Crippen LogP contribution >= 0.6 is 15.9 Å². The average molecular weight is 329 g/mol. The minimum absolute atomic E-state index is 0.229. The lowest BCUT2D eigenvalue weighted by Crippen LogP contribution is -2.47. The monoisotopic (exact) mass is 328 g/mol. The third kappa shape index (κ3) is 3.69. The van der Waals surface area contributed by atoms with E-state index in [-0.39, 0.29) is 6.61 Å². The molecule has 0 radical (unpaired) electrons. The number of hydrogen-bond acceptors (Lipinski definition) is 4. The van der Waals surface area contributed by atoms with E-state index >= 15 is 0 Å². The molecule has 0 bridgehead atoms. The van der Waals surface area contributed by atoms with Crippen LogP contribution in [-0.4, -0.2) is 54.4 Å². The van der Waals surface area contributed by atoms with E-state index in [0.717, 1.165) is 42.8 Å². The van der Waals surface area contributed by atoms with E-state index in [4.69, 9.17) is 5.11 Å². The molecule has 1 unspecified atom stereocenters. The van der Waals surface area contributed by atoms with Crippen molar-refractivity contribution in [3.8, 4) is 0 Å². The van der Waals surface area contributed by atoms with Gasteiger partial charge >= 0.3 is 0 Å². The van der Waals surface area contributed by atoms with Crippen LogP contribution in [0.15, 0.2) is 22.7 Å². The van der Waals surface area contributed by atoms with Crippen LogP contribution in [0.2, 0.25) is 0 Å². The first-order valence-electron chi connectivity index (χ1n) is 6.67. The molecule has 1 aromatic rings. The molecule has 1 fully saturated rings. The highest BCUT2D eigenvalue weighted by atomic mass is 79.9. The van der Waals surface area contributed by atoms with Gasteiger partial charge in [0.2, 0.25) is 0 Å². The van der Waals surface area contributed by atoms with Crippen LogP contribution in [0, 0.1) is 0 Å².